The first-order valence-corrected chi connectivity index (χ1v) is 7.10. The molecule has 0 fully saturated rings. The van der Waals surface area contributed by atoms with Crippen molar-refractivity contribution in [3.63, 3.8) is 0 Å². The summed E-state index contributed by atoms with van der Waals surface area (Å²) < 4.78 is 38.3. The molecular formula is C18H15F3N2O. The molecular weight excluding hydrogens is 317 g/mol. The van der Waals surface area contributed by atoms with E-state index in [1.807, 2.05) is 6.92 Å². The molecule has 0 saturated carbocycles. The van der Waals surface area contributed by atoms with Crippen LogP contribution in [0.25, 0.3) is 12.2 Å². The van der Waals surface area contributed by atoms with E-state index < -0.39 is 17.7 Å². The van der Waals surface area contributed by atoms with E-state index in [-0.39, 0.29) is 11.3 Å². The number of aromatic nitrogens is 2. The maximum atomic E-state index is 12.8. The van der Waals surface area contributed by atoms with Crippen molar-refractivity contribution in [2.24, 2.45) is 0 Å². The Morgan fingerprint density at radius 3 is 2.67 bits per heavy atom. The molecule has 0 spiro atoms. The predicted molar refractivity (Wildman–Crippen MR) is 86.7 cm³/mol. The highest BCUT2D eigenvalue weighted by Gasteiger charge is 2.33. The third-order valence-electron chi connectivity index (χ3n) is 3.21. The van der Waals surface area contributed by atoms with Gasteiger partial charge in [0.25, 0.3) is 0 Å². The summed E-state index contributed by atoms with van der Waals surface area (Å²) in [6, 6.07) is 3.26. The number of allylic oxidation sites excluding steroid dienone is 3. The molecule has 0 radical (unpaired) electrons. The van der Waals surface area contributed by atoms with Gasteiger partial charge < -0.3 is 4.98 Å². The zero-order chi connectivity index (χ0) is 17.7. The third kappa shape index (κ3) is 3.71. The summed E-state index contributed by atoms with van der Waals surface area (Å²) >= 11 is 0. The highest BCUT2D eigenvalue weighted by molar-refractivity contribution is 6.07. The molecule has 0 aliphatic heterocycles. The monoisotopic (exact) mass is 332 g/mol. The molecule has 24 heavy (non-hydrogen) atoms. The minimum atomic E-state index is -4.60. The number of pyridine rings is 1. The summed E-state index contributed by atoms with van der Waals surface area (Å²) in [5, 5.41) is 1.20. The van der Waals surface area contributed by atoms with Gasteiger partial charge in [0.1, 0.15) is 11.4 Å². The Labute approximate surface area is 136 Å². The van der Waals surface area contributed by atoms with Crippen molar-refractivity contribution in [1.82, 2.24) is 9.97 Å². The van der Waals surface area contributed by atoms with Crippen molar-refractivity contribution >= 4 is 17.9 Å². The number of hydrogen-bond acceptors (Lipinski definition) is 2. The van der Waals surface area contributed by atoms with Crippen molar-refractivity contribution in [2.75, 3.05) is 0 Å². The van der Waals surface area contributed by atoms with Crippen LogP contribution >= 0.6 is 0 Å². The fourth-order valence-corrected chi connectivity index (χ4v) is 2.12. The zero-order valence-corrected chi connectivity index (χ0v) is 12.9. The number of H-pyrrole nitrogens is 1. The number of ketones is 1. The minimum absolute atomic E-state index is 0.244. The number of rotatable bonds is 4. The molecule has 0 aromatic carbocycles. The molecule has 1 N–H and O–H groups in total. The van der Waals surface area contributed by atoms with Gasteiger partial charge in [-0.3, -0.25) is 4.79 Å². The molecule has 0 unspecified atom stereocenters. The van der Waals surface area contributed by atoms with Crippen LogP contribution < -0.4 is 10.6 Å². The van der Waals surface area contributed by atoms with Gasteiger partial charge in [0, 0.05) is 22.3 Å². The Kier molecular flexibility index (Phi) is 5.18. The second kappa shape index (κ2) is 7.12. The molecule has 0 amide bonds. The zero-order valence-electron chi connectivity index (χ0n) is 12.9. The number of hydrogen-bond donors (Lipinski definition) is 1. The summed E-state index contributed by atoms with van der Waals surface area (Å²) in [5.41, 5.74) is -1.11. The lowest BCUT2D eigenvalue weighted by molar-refractivity contribution is -0.141. The standard InChI is InChI=1S/C18H15F3N2O/c1-3-5-8-12-13(11-22-14(12)7-4-2)17(24)15-9-6-10-16(23-15)18(19,20)21/h3-11,22H,2H2,1H3/b5-3-,12-8-,14-7+. The van der Waals surface area contributed by atoms with Crippen LogP contribution in [0.4, 0.5) is 13.2 Å². The van der Waals surface area contributed by atoms with Crippen LogP contribution in [0.15, 0.2) is 49.2 Å². The molecule has 6 heteroatoms. The summed E-state index contributed by atoms with van der Waals surface area (Å²) in [6.45, 7) is 5.41. The van der Waals surface area contributed by atoms with E-state index in [2.05, 4.69) is 16.5 Å². The molecule has 0 aliphatic carbocycles. The first-order chi connectivity index (χ1) is 11.4. The summed E-state index contributed by atoms with van der Waals surface area (Å²) in [7, 11) is 0. The van der Waals surface area contributed by atoms with Crippen LogP contribution in [0.1, 0.15) is 28.7 Å². The number of nitrogens with one attached hydrogen (secondary N) is 1. The van der Waals surface area contributed by atoms with Crippen molar-refractivity contribution in [2.45, 2.75) is 13.1 Å². The van der Waals surface area contributed by atoms with E-state index in [9.17, 15) is 18.0 Å². The number of nitrogens with zero attached hydrogens (tertiary/aromatic N) is 1. The Hall–Kier alpha value is -2.89. The van der Waals surface area contributed by atoms with Gasteiger partial charge in [-0.2, -0.15) is 13.2 Å². The van der Waals surface area contributed by atoms with Gasteiger partial charge in [0.05, 0.1) is 0 Å². The van der Waals surface area contributed by atoms with Crippen LogP contribution in [-0.2, 0) is 6.18 Å². The van der Waals surface area contributed by atoms with Gasteiger partial charge >= 0.3 is 6.18 Å². The third-order valence-corrected chi connectivity index (χ3v) is 3.21. The number of halogens is 3. The van der Waals surface area contributed by atoms with Gasteiger partial charge in [-0.15, -0.1) is 0 Å². The van der Waals surface area contributed by atoms with Gasteiger partial charge in [-0.05, 0) is 25.1 Å². The Morgan fingerprint density at radius 1 is 1.29 bits per heavy atom. The molecule has 0 atom stereocenters. The quantitative estimate of drug-likeness (QED) is 0.875. The molecule has 0 bridgehead atoms. The number of alkyl halides is 3. The molecule has 2 heterocycles. The van der Waals surface area contributed by atoms with Crippen LogP contribution in [0.2, 0.25) is 0 Å². The molecule has 0 saturated heterocycles. The average molecular weight is 332 g/mol. The average Bonchev–Trinajstić information content (AvgIpc) is 2.94. The maximum Gasteiger partial charge on any atom is 0.433 e. The van der Waals surface area contributed by atoms with Crippen molar-refractivity contribution in [1.29, 1.82) is 0 Å². The van der Waals surface area contributed by atoms with Crippen molar-refractivity contribution in [3.05, 3.63) is 76.7 Å². The fraction of sp³-hybridized carbons (Fsp3) is 0.111. The smallest absolute Gasteiger partial charge is 0.360 e. The van der Waals surface area contributed by atoms with Crippen molar-refractivity contribution in [3.8, 4) is 0 Å². The maximum absolute atomic E-state index is 12.8. The van der Waals surface area contributed by atoms with E-state index >= 15 is 0 Å². The highest BCUT2D eigenvalue weighted by atomic mass is 19.4. The first-order valence-electron chi connectivity index (χ1n) is 7.10. The molecule has 0 aliphatic rings. The lowest BCUT2D eigenvalue weighted by Crippen LogP contribution is -2.27. The number of carbonyl (C=O) groups excluding carboxylic acids is 1. The first kappa shape index (κ1) is 17.5. The van der Waals surface area contributed by atoms with Crippen LogP contribution in [0, 0.1) is 0 Å². The van der Waals surface area contributed by atoms with Crippen LogP contribution in [0.3, 0.4) is 0 Å². The van der Waals surface area contributed by atoms with Gasteiger partial charge in [0.15, 0.2) is 0 Å². The van der Waals surface area contributed by atoms with E-state index in [0.29, 0.717) is 10.6 Å². The van der Waals surface area contributed by atoms with E-state index in [0.717, 1.165) is 6.07 Å². The van der Waals surface area contributed by atoms with Crippen LogP contribution in [0.5, 0.6) is 0 Å². The van der Waals surface area contributed by atoms with E-state index in [4.69, 9.17) is 0 Å². The second-order valence-corrected chi connectivity index (χ2v) is 4.86. The van der Waals surface area contributed by atoms with Crippen LogP contribution in [-0.4, -0.2) is 15.8 Å². The minimum Gasteiger partial charge on any atom is -0.360 e. The largest absolute Gasteiger partial charge is 0.433 e. The number of aromatic amines is 1. The topological polar surface area (TPSA) is 45.8 Å². The van der Waals surface area contributed by atoms with Crippen molar-refractivity contribution < 1.29 is 18.0 Å². The molecule has 3 nitrogen and oxygen atoms in total. The Morgan fingerprint density at radius 2 is 2.04 bits per heavy atom. The Bertz CT molecular complexity index is 905. The fourth-order valence-electron chi connectivity index (χ4n) is 2.12. The summed E-state index contributed by atoms with van der Waals surface area (Å²) in [4.78, 5) is 19.0. The summed E-state index contributed by atoms with van der Waals surface area (Å²) in [5.74, 6) is -0.586. The molecule has 2 aromatic rings. The predicted octanol–water partition coefficient (Wildman–Crippen LogP) is 2.98. The lowest BCUT2D eigenvalue weighted by atomic mass is 10.1. The Balaban J connectivity index is 2.60. The molecule has 2 rings (SSSR count). The van der Waals surface area contributed by atoms with Gasteiger partial charge in [-0.25, -0.2) is 4.98 Å². The van der Waals surface area contributed by atoms with Gasteiger partial charge in [-0.1, -0.05) is 36.9 Å². The molecule has 2 aromatic heterocycles. The summed E-state index contributed by atoms with van der Waals surface area (Å²) in [6.07, 6.45) is 5.29. The van der Waals surface area contributed by atoms with E-state index in [1.165, 1.54) is 18.3 Å². The van der Waals surface area contributed by atoms with E-state index in [1.54, 1.807) is 30.4 Å². The molecule has 124 valence electrons. The van der Waals surface area contributed by atoms with Gasteiger partial charge in [0.2, 0.25) is 5.78 Å². The SMILES string of the molecule is C=C/C=c1/[nH]cc(C(=O)c2cccc(C(F)(F)F)n2)/c1=C/C=C\C. The second-order valence-electron chi connectivity index (χ2n) is 4.86. The number of carbonyl (C=O) groups is 1. The highest BCUT2D eigenvalue weighted by Crippen LogP contribution is 2.27. The lowest BCUT2D eigenvalue weighted by Gasteiger charge is -2.06. The normalized spacial score (nSPS) is 13.7.